The van der Waals surface area contributed by atoms with Crippen LogP contribution in [0.3, 0.4) is 0 Å². The Hall–Kier alpha value is -3.28. The summed E-state index contributed by atoms with van der Waals surface area (Å²) in [5.74, 6) is 0.859. The standard InChI is InChI=1S/C25H33N5O/c1-4-29(5-2)24(31)22-13-11-20(12-14-22)19-28-25(26-3)27-16-8-17-30-18-15-21-9-6-7-10-23(21)30/h6-7,9-15,18H,4-5,8,16-17,19H2,1-3H3,(H2,26,27,28). The number of carbonyl (C=O) groups excluding carboxylic acids is 1. The number of nitrogens with one attached hydrogen (secondary N) is 2. The lowest BCUT2D eigenvalue weighted by Gasteiger charge is -2.18. The van der Waals surface area contributed by atoms with Crippen LogP contribution in [0, 0.1) is 0 Å². The summed E-state index contributed by atoms with van der Waals surface area (Å²) in [5, 5.41) is 7.99. The van der Waals surface area contributed by atoms with Crippen LogP contribution in [0.5, 0.6) is 0 Å². The molecule has 164 valence electrons. The van der Waals surface area contributed by atoms with Crippen molar-refractivity contribution < 1.29 is 4.79 Å². The Morgan fingerprint density at radius 3 is 2.45 bits per heavy atom. The van der Waals surface area contributed by atoms with E-state index in [1.54, 1.807) is 7.05 Å². The predicted molar refractivity (Wildman–Crippen MR) is 128 cm³/mol. The summed E-state index contributed by atoms with van der Waals surface area (Å²) in [5.41, 5.74) is 3.11. The number of aromatic nitrogens is 1. The maximum atomic E-state index is 12.4. The number of fused-ring (bicyclic) bond motifs is 1. The maximum absolute atomic E-state index is 12.4. The van der Waals surface area contributed by atoms with E-state index < -0.39 is 0 Å². The largest absolute Gasteiger partial charge is 0.356 e. The molecule has 0 saturated heterocycles. The van der Waals surface area contributed by atoms with Crippen molar-refractivity contribution in [3.63, 3.8) is 0 Å². The van der Waals surface area contributed by atoms with E-state index in [4.69, 9.17) is 0 Å². The summed E-state index contributed by atoms with van der Waals surface area (Å²) in [6.45, 7) is 7.89. The number of amides is 1. The van der Waals surface area contributed by atoms with Crippen molar-refractivity contribution >= 4 is 22.8 Å². The third-order valence-corrected chi connectivity index (χ3v) is 5.48. The molecule has 0 radical (unpaired) electrons. The molecule has 3 rings (SSSR count). The van der Waals surface area contributed by atoms with Crippen LogP contribution in [-0.4, -0.2) is 48.0 Å². The first-order valence-electron chi connectivity index (χ1n) is 11.0. The van der Waals surface area contributed by atoms with Crippen molar-refractivity contribution in [3.05, 3.63) is 71.9 Å². The van der Waals surface area contributed by atoms with Crippen molar-refractivity contribution in [2.24, 2.45) is 4.99 Å². The summed E-state index contributed by atoms with van der Waals surface area (Å²) in [6.07, 6.45) is 3.15. The number of nitrogens with zero attached hydrogens (tertiary/aromatic N) is 3. The summed E-state index contributed by atoms with van der Waals surface area (Å²) in [4.78, 5) is 18.5. The van der Waals surface area contributed by atoms with Crippen LogP contribution in [-0.2, 0) is 13.1 Å². The van der Waals surface area contributed by atoms with Gasteiger partial charge in [-0.25, -0.2) is 0 Å². The van der Waals surface area contributed by atoms with Crippen molar-refractivity contribution in [2.45, 2.75) is 33.4 Å². The molecular formula is C25H33N5O. The molecule has 0 fully saturated rings. The quantitative estimate of drug-likeness (QED) is 0.314. The number of hydrogen-bond donors (Lipinski definition) is 2. The van der Waals surface area contributed by atoms with Gasteiger partial charge in [0.25, 0.3) is 5.91 Å². The van der Waals surface area contributed by atoms with Gasteiger partial charge in [0, 0.05) is 57.0 Å². The molecule has 0 spiro atoms. The second-order valence-electron chi connectivity index (χ2n) is 7.45. The Balaban J connectivity index is 1.43. The van der Waals surface area contributed by atoms with Gasteiger partial charge in [-0.2, -0.15) is 0 Å². The molecule has 0 aliphatic heterocycles. The van der Waals surface area contributed by atoms with E-state index in [1.165, 1.54) is 10.9 Å². The highest BCUT2D eigenvalue weighted by atomic mass is 16.2. The number of para-hydroxylation sites is 1. The first-order valence-corrected chi connectivity index (χ1v) is 11.0. The molecule has 6 nitrogen and oxygen atoms in total. The molecule has 1 heterocycles. The minimum Gasteiger partial charge on any atom is -0.356 e. The van der Waals surface area contributed by atoms with Gasteiger partial charge in [0.1, 0.15) is 0 Å². The number of aryl methyl sites for hydroxylation is 1. The fourth-order valence-electron chi connectivity index (χ4n) is 3.66. The highest BCUT2D eigenvalue weighted by Crippen LogP contribution is 2.15. The third-order valence-electron chi connectivity index (χ3n) is 5.48. The van der Waals surface area contributed by atoms with Crippen LogP contribution in [0.1, 0.15) is 36.2 Å². The second-order valence-corrected chi connectivity index (χ2v) is 7.45. The Labute approximate surface area is 185 Å². The maximum Gasteiger partial charge on any atom is 0.253 e. The number of aliphatic imine (C=N–C) groups is 1. The van der Waals surface area contributed by atoms with Gasteiger partial charge in [-0.05, 0) is 55.5 Å². The molecule has 0 saturated carbocycles. The number of carbonyl (C=O) groups is 1. The van der Waals surface area contributed by atoms with Gasteiger partial charge < -0.3 is 20.1 Å². The fourth-order valence-corrected chi connectivity index (χ4v) is 3.66. The molecule has 0 aliphatic rings. The van der Waals surface area contributed by atoms with Crippen molar-refractivity contribution in [3.8, 4) is 0 Å². The highest BCUT2D eigenvalue weighted by molar-refractivity contribution is 5.94. The zero-order chi connectivity index (χ0) is 22.1. The molecule has 1 aromatic heterocycles. The Bertz CT molecular complexity index is 1000. The van der Waals surface area contributed by atoms with Gasteiger partial charge in [0.2, 0.25) is 0 Å². The van der Waals surface area contributed by atoms with Gasteiger partial charge in [-0.3, -0.25) is 9.79 Å². The molecule has 0 bridgehead atoms. The zero-order valence-corrected chi connectivity index (χ0v) is 18.8. The van der Waals surface area contributed by atoms with E-state index in [0.717, 1.165) is 49.7 Å². The summed E-state index contributed by atoms with van der Waals surface area (Å²) in [6, 6.07) is 18.4. The summed E-state index contributed by atoms with van der Waals surface area (Å²) in [7, 11) is 1.78. The minimum atomic E-state index is 0.0810. The fraction of sp³-hybridized carbons (Fsp3) is 0.360. The monoisotopic (exact) mass is 419 g/mol. The number of guanidine groups is 1. The molecule has 2 N–H and O–H groups in total. The molecule has 31 heavy (non-hydrogen) atoms. The van der Waals surface area contributed by atoms with Gasteiger partial charge in [-0.15, -0.1) is 0 Å². The number of hydrogen-bond acceptors (Lipinski definition) is 2. The van der Waals surface area contributed by atoms with Gasteiger partial charge in [0.15, 0.2) is 5.96 Å². The van der Waals surface area contributed by atoms with E-state index in [-0.39, 0.29) is 5.91 Å². The van der Waals surface area contributed by atoms with Gasteiger partial charge >= 0.3 is 0 Å². The topological polar surface area (TPSA) is 61.7 Å². The molecular weight excluding hydrogens is 386 g/mol. The minimum absolute atomic E-state index is 0.0810. The van der Waals surface area contributed by atoms with Crippen LogP contribution < -0.4 is 10.6 Å². The van der Waals surface area contributed by atoms with Crippen LogP contribution >= 0.6 is 0 Å². The second kappa shape index (κ2) is 11.2. The van der Waals surface area contributed by atoms with Crippen LogP contribution in [0.4, 0.5) is 0 Å². The summed E-state index contributed by atoms with van der Waals surface area (Å²) >= 11 is 0. The molecule has 6 heteroatoms. The Kier molecular flexibility index (Phi) is 8.10. The molecule has 3 aromatic rings. The SMILES string of the molecule is CCN(CC)C(=O)c1ccc(CNC(=NC)NCCCn2ccc3ccccc32)cc1. The van der Waals surface area contributed by atoms with Gasteiger partial charge in [-0.1, -0.05) is 30.3 Å². The van der Waals surface area contributed by atoms with Crippen LogP contribution in [0.2, 0.25) is 0 Å². The van der Waals surface area contributed by atoms with Crippen LogP contribution in [0.15, 0.2) is 65.8 Å². The smallest absolute Gasteiger partial charge is 0.253 e. The normalized spacial score (nSPS) is 11.5. The zero-order valence-electron chi connectivity index (χ0n) is 18.8. The third kappa shape index (κ3) is 5.87. The number of benzene rings is 2. The van der Waals surface area contributed by atoms with Crippen molar-refractivity contribution in [1.82, 2.24) is 20.1 Å². The molecule has 0 atom stereocenters. The highest BCUT2D eigenvalue weighted by Gasteiger charge is 2.11. The van der Waals surface area contributed by atoms with Crippen molar-refractivity contribution in [1.29, 1.82) is 0 Å². The molecule has 1 amide bonds. The average molecular weight is 420 g/mol. The van der Waals surface area contributed by atoms with Crippen LogP contribution in [0.25, 0.3) is 10.9 Å². The average Bonchev–Trinajstić information content (AvgIpc) is 3.23. The Morgan fingerprint density at radius 1 is 1.00 bits per heavy atom. The molecule has 2 aromatic carbocycles. The Morgan fingerprint density at radius 2 is 1.74 bits per heavy atom. The van der Waals surface area contributed by atoms with E-state index >= 15 is 0 Å². The van der Waals surface area contributed by atoms with E-state index in [9.17, 15) is 4.79 Å². The molecule has 0 aliphatic carbocycles. The van der Waals surface area contributed by atoms with Crippen molar-refractivity contribution in [2.75, 3.05) is 26.7 Å². The van der Waals surface area contributed by atoms with E-state index in [1.807, 2.05) is 43.0 Å². The predicted octanol–water partition coefficient (Wildman–Crippen LogP) is 3.88. The first-order chi connectivity index (χ1) is 15.2. The van der Waals surface area contributed by atoms with Gasteiger partial charge in [0.05, 0.1) is 0 Å². The van der Waals surface area contributed by atoms with E-state index in [0.29, 0.717) is 6.54 Å². The lowest BCUT2D eigenvalue weighted by atomic mass is 10.1. The lowest BCUT2D eigenvalue weighted by Crippen LogP contribution is -2.37. The van der Waals surface area contributed by atoms with E-state index in [2.05, 4.69) is 56.7 Å². The first kappa shape index (κ1) is 22.4. The number of rotatable bonds is 9. The molecule has 0 unspecified atom stereocenters. The lowest BCUT2D eigenvalue weighted by molar-refractivity contribution is 0.0773. The summed E-state index contributed by atoms with van der Waals surface area (Å²) < 4.78 is 2.29.